The van der Waals surface area contributed by atoms with E-state index in [1.807, 2.05) is 12.1 Å². The van der Waals surface area contributed by atoms with Crippen LogP contribution in [0.4, 0.5) is 0 Å². The van der Waals surface area contributed by atoms with Crippen LogP contribution in [0.25, 0.3) is 0 Å². The molecule has 0 amide bonds. The summed E-state index contributed by atoms with van der Waals surface area (Å²) in [6, 6.07) is 5.51. The number of hydrogen-bond donors (Lipinski definition) is 1. The second kappa shape index (κ2) is 6.00. The molecule has 0 heterocycles. The largest absolute Gasteiger partial charge is 0.312 e. The molecule has 0 fully saturated rings. The number of halogens is 2. The number of rotatable bonds is 5. The topological polar surface area (TPSA) is 46.2 Å². The lowest BCUT2D eigenvalue weighted by molar-refractivity contribution is 0.596. The summed E-state index contributed by atoms with van der Waals surface area (Å²) in [4.78, 5) is 0. The first-order valence-electron chi connectivity index (χ1n) is 4.71. The molecule has 1 aromatic rings. The van der Waals surface area contributed by atoms with E-state index in [4.69, 9.17) is 11.6 Å². The zero-order valence-corrected chi connectivity index (χ0v) is 12.0. The van der Waals surface area contributed by atoms with E-state index in [0.717, 1.165) is 10.0 Å². The summed E-state index contributed by atoms with van der Waals surface area (Å²) in [5.41, 5.74) is 1.01. The standard InChI is InChI=1S/C10H13BrClNO2S/c1-16(14,15)5-4-13-7-8-6-9(12)2-3-10(8)11/h2-3,6,13H,4-5,7H2,1H3. The third kappa shape index (κ3) is 5.30. The maximum atomic E-state index is 10.9. The predicted octanol–water partition coefficient (Wildman–Crippen LogP) is 2.24. The van der Waals surface area contributed by atoms with E-state index in [0.29, 0.717) is 18.1 Å². The van der Waals surface area contributed by atoms with Crippen molar-refractivity contribution in [3.05, 3.63) is 33.3 Å². The van der Waals surface area contributed by atoms with E-state index >= 15 is 0 Å². The second-order valence-corrected chi connectivity index (χ2v) is 7.09. The van der Waals surface area contributed by atoms with Gasteiger partial charge in [0.1, 0.15) is 9.84 Å². The van der Waals surface area contributed by atoms with E-state index in [9.17, 15) is 8.42 Å². The van der Waals surface area contributed by atoms with Crippen LogP contribution in [0.5, 0.6) is 0 Å². The SMILES string of the molecule is CS(=O)(=O)CCNCc1cc(Cl)ccc1Br. The van der Waals surface area contributed by atoms with Crippen molar-refractivity contribution in [2.45, 2.75) is 6.54 Å². The molecule has 1 N–H and O–H groups in total. The smallest absolute Gasteiger partial charge is 0.148 e. The van der Waals surface area contributed by atoms with Crippen molar-refractivity contribution in [1.29, 1.82) is 0 Å². The maximum Gasteiger partial charge on any atom is 0.148 e. The van der Waals surface area contributed by atoms with Crippen molar-refractivity contribution >= 4 is 37.4 Å². The Morgan fingerprint density at radius 3 is 2.75 bits per heavy atom. The molecule has 0 bridgehead atoms. The molecule has 0 saturated heterocycles. The molecule has 3 nitrogen and oxygen atoms in total. The van der Waals surface area contributed by atoms with E-state index in [-0.39, 0.29) is 5.75 Å². The number of hydrogen-bond acceptors (Lipinski definition) is 3. The van der Waals surface area contributed by atoms with Gasteiger partial charge in [0, 0.05) is 28.8 Å². The van der Waals surface area contributed by atoms with Gasteiger partial charge in [-0.3, -0.25) is 0 Å². The third-order valence-corrected chi connectivity index (χ3v) is 3.93. The average molecular weight is 327 g/mol. The monoisotopic (exact) mass is 325 g/mol. The molecular formula is C10H13BrClNO2S. The van der Waals surface area contributed by atoms with Gasteiger partial charge in [0.05, 0.1) is 5.75 Å². The normalized spacial score (nSPS) is 11.7. The van der Waals surface area contributed by atoms with Gasteiger partial charge in [-0.2, -0.15) is 0 Å². The van der Waals surface area contributed by atoms with E-state index in [1.54, 1.807) is 6.07 Å². The van der Waals surface area contributed by atoms with Gasteiger partial charge in [-0.1, -0.05) is 27.5 Å². The minimum Gasteiger partial charge on any atom is -0.312 e. The van der Waals surface area contributed by atoms with Crippen LogP contribution >= 0.6 is 27.5 Å². The molecule has 90 valence electrons. The van der Waals surface area contributed by atoms with Gasteiger partial charge in [0.2, 0.25) is 0 Å². The highest BCUT2D eigenvalue weighted by Gasteiger charge is 2.03. The Hall–Kier alpha value is -0.100. The fraction of sp³-hybridized carbons (Fsp3) is 0.400. The first-order chi connectivity index (χ1) is 7.38. The van der Waals surface area contributed by atoms with Gasteiger partial charge in [-0.15, -0.1) is 0 Å². The van der Waals surface area contributed by atoms with Crippen molar-refractivity contribution < 1.29 is 8.42 Å². The molecule has 0 spiro atoms. The molecule has 0 aliphatic carbocycles. The van der Waals surface area contributed by atoms with Crippen molar-refractivity contribution in [2.24, 2.45) is 0 Å². The van der Waals surface area contributed by atoms with Gasteiger partial charge in [-0.05, 0) is 23.8 Å². The van der Waals surface area contributed by atoms with E-state index in [2.05, 4.69) is 21.2 Å². The fourth-order valence-electron chi connectivity index (χ4n) is 1.16. The van der Waals surface area contributed by atoms with Gasteiger partial charge >= 0.3 is 0 Å². The molecule has 0 aliphatic heterocycles. The molecule has 1 rings (SSSR count). The Morgan fingerprint density at radius 2 is 2.12 bits per heavy atom. The number of benzene rings is 1. The Kier molecular flexibility index (Phi) is 5.24. The summed E-state index contributed by atoms with van der Waals surface area (Å²) < 4.78 is 22.7. The predicted molar refractivity (Wildman–Crippen MR) is 70.6 cm³/mol. The molecule has 0 atom stereocenters. The second-order valence-electron chi connectivity index (χ2n) is 3.54. The molecule has 1 aromatic carbocycles. The summed E-state index contributed by atoms with van der Waals surface area (Å²) in [7, 11) is -2.90. The van der Waals surface area contributed by atoms with E-state index < -0.39 is 9.84 Å². The Labute approximate surface area is 109 Å². The molecule has 6 heteroatoms. The van der Waals surface area contributed by atoms with Crippen LogP contribution in [-0.2, 0) is 16.4 Å². The molecule has 0 saturated carbocycles. The van der Waals surface area contributed by atoms with Gasteiger partial charge in [-0.25, -0.2) is 8.42 Å². The minimum atomic E-state index is -2.90. The fourth-order valence-corrected chi connectivity index (χ4v) is 2.26. The molecule has 0 aliphatic rings. The highest BCUT2D eigenvalue weighted by atomic mass is 79.9. The average Bonchev–Trinajstić information content (AvgIpc) is 2.16. The third-order valence-electron chi connectivity index (χ3n) is 1.97. The van der Waals surface area contributed by atoms with Gasteiger partial charge in [0.15, 0.2) is 0 Å². The molecule has 0 unspecified atom stereocenters. The minimum absolute atomic E-state index is 0.144. The highest BCUT2D eigenvalue weighted by Crippen LogP contribution is 2.20. The zero-order chi connectivity index (χ0) is 12.2. The highest BCUT2D eigenvalue weighted by molar-refractivity contribution is 9.10. The van der Waals surface area contributed by atoms with Crippen LogP contribution in [0.3, 0.4) is 0 Å². The summed E-state index contributed by atoms with van der Waals surface area (Å²) in [6.45, 7) is 1.04. The van der Waals surface area contributed by atoms with Crippen LogP contribution < -0.4 is 5.32 Å². The van der Waals surface area contributed by atoms with Crippen LogP contribution in [0.1, 0.15) is 5.56 Å². The van der Waals surface area contributed by atoms with Gasteiger partial charge in [0.25, 0.3) is 0 Å². The molecule has 0 aromatic heterocycles. The van der Waals surface area contributed by atoms with Crippen LogP contribution in [-0.4, -0.2) is 27.0 Å². The van der Waals surface area contributed by atoms with Crippen molar-refractivity contribution in [1.82, 2.24) is 5.32 Å². The Morgan fingerprint density at radius 1 is 1.44 bits per heavy atom. The van der Waals surface area contributed by atoms with Crippen LogP contribution in [0, 0.1) is 0 Å². The lowest BCUT2D eigenvalue weighted by Crippen LogP contribution is -2.22. The van der Waals surface area contributed by atoms with Crippen molar-refractivity contribution in [3.63, 3.8) is 0 Å². The van der Waals surface area contributed by atoms with Crippen molar-refractivity contribution in [3.8, 4) is 0 Å². The van der Waals surface area contributed by atoms with E-state index in [1.165, 1.54) is 6.26 Å². The molecular weight excluding hydrogens is 314 g/mol. The van der Waals surface area contributed by atoms with Crippen molar-refractivity contribution in [2.75, 3.05) is 18.6 Å². The Balaban J connectivity index is 2.46. The molecule has 16 heavy (non-hydrogen) atoms. The summed E-state index contributed by atoms with van der Waals surface area (Å²) >= 11 is 9.26. The summed E-state index contributed by atoms with van der Waals surface area (Å²) in [6.07, 6.45) is 1.23. The molecule has 0 radical (unpaired) electrons. The summed E-state index contributed by atoms with van der Waals surface area (Å²) in [5.74, 6) is 0.144. The number of nitrogens with one attached hydrogen (secondary N) is 1. The van der Waals surface area contributed by atoms with Crippen LogP contribution in [0.15, 0.2) is 22.7 Å². The van der Waals surface area contributed by atoms with Gasteiger partial charge < -0.3 is 5.32 Å². The first-order valence-corrected chi connectivity index (χ1v) is 7.94. The maximum absolute atomic E-state index is 10.9. The summed E-state index contributed by atoms with van der Waals surface area (Å²) in [5, 5.41) is 3.73. The zero-order valence-electron chi connectivity index (χ0n) is 8.83. The van der Waals surface area contributed by atoms with Crippen LogP contribution in [0.2, 0.25) is 5.02 Å². The quantitative estimate of drug-likeness (QED) is 0.844. The lowest BCUT2D eigenvalue weighted by atomic mass is 10.2. The first kappa shape index (κ1) is 14.0. The number of sulfone groups is 1. The Bertz CT molecular complexity index is 462. The lowest BCUT2D eigenvalue weighted by Gasteiger charge is -2.06.